The van der Waals surface area contributed by atoms with Crippen LogP contribution in [0, 0.1) is 0 Å². The Morgan fingerprint density at radius 3 is 2.81 bits per heavy atom. The van der Waals surface area contributed by atoms with Gasteiger partial charge in [-0.2, -0.15) is 0 Å². The third-order valence-corrected chi connectivity index (χ3v) is 2.50. The van der Waals surface area contributed by atoms with E-state index in [2.05, 4.69) is 14.8 Å². The minimum Gasteiger partial charge on any atom is -0.455 e. The van der Waals surface area contributed by atoms with Gasteiger partial charge in [0, 0.05) is 12.9 Å². The highest BCUT2D eigenvalue weighted by atomic mass is 32.2. The van der Waals surface area contributed by atoms with Crippen LogP contribution >= 0.6 is 11.8 Å². The predicted molar refractivity (Wildman–Crippen MR) is 54.1 cm³/mol. The molecule has 0 aromatic carbocycles. The van der Waals surface area contributed by atoms with Crippen LogP contribution in [-0.2, 0) is 19.0 Å². The number of methoxy groups -OCH3 is 1. The predicted octanol–water partition coefficient (Wildman–Crippen LogP) is 0.138. The lowest BCUT2D eigenvalue weighted by Crippen LogP contribution is -2.31. The molecule has 1 aliphatic heterocycles. The molecule has 0 aromatic rings. The van der Waals surface area contributed by atoms with Crippen LogP contribution in [0.15, 0.2) is 0 Å². The molecule has 8 heteroatoms. The first kappa shape index (κ1) is 12.8. The first-order chi connectivity index (χ1) is 7.63. The summed E-state index contributed by atoms with van der Waals surface area (Å²) in [6.07, 6.45) is -0.789. The first-order valence-corrected chi connectivity index (χ1v) is 5.42. The van der Waals surface area contributed by atoms with E-state index in [0.29, 0.717) is 6.61 Å². The van der Waals surface area contributed by atoms with Crippen molar-refractivity contribution >= 4 is 29.1 Å². The molecule has 90 valence electrons. The van der Waals surface area contributed by atoms with Gasteiger partial charge in [-0.05, 0) is 11.8 Å². The lowest BCUT2D eigenvalue weighted by Gasteiger charge is -2.05. The largest absolute Gasteiger partial charge is 0.455 e. The normalized spacial score (nSPS) is 19.2. The van der Waals surface area contributed by atoms with E-state index in [1.165, 1.54) is 7.11 Å². The van der Waals surface area contributed by atoms with E-state index < -0.39 is 23.4 Å². The zero-order valence-electron chi connectivity index (χ0n) is 8.56. The molecule has 16 heavy (non-hydrogen) atoms. The highest BCUT2D eigenvalue weighted by Gasteiger charge is 2.32. The van der Waals surface area contributed by atoms with E-state index in [1.54, 1.807) is 0 Å². The maximum absolute atomic E-state index is 11.1. The summed E-state index contributed by atoms with van der Waals surface area (Å²) >= 11 is 0.798. The second-order valence-electron chi connectivity index (χ2n) is 2.81. The van der Waals surface area contributed by atoms with Crippen molar-refractivity contribution in [3.05, 3.63) is 0 Å². The quantitative estimate of drug-likeness (QED) is 0.421. The average molecular weight is 249 g/mol. The van der Waals surface area contributed by atoms with Gasteiger partial charge in [-0.25, -0.2) is 14.4 Å². The maximum atomic E-state index is 11.1. The lowest BCUT2D eigenvalue weighted by atomic mass is 10.4. The number of carbonyl (C=O) groups is 3. The molecule has 1 N–H and O–H groups in total. The summed E-state index contributed by atoms with van der Waals surface area (Å²) in [5.74, 6) is -0.585. The Hall–Kier alpha value is -1.28. The molecule has 1 fully saturated rings. The summed E-state index contributed by atoms with van der Waals surface area (Å²) < 4.78 is 13.7. The molecule has 1 amide bonds. The molecule has 0 radical (unpaired) electrons. The van der Waals surface area contributed by atoms with Crippen molar-refractivity contribution in [2.45, 2.75) is 6.04 Å². The zero-order valence-corrected chi connectivity index (χ0v) is 9.37. The fourth-order valence-corrected chi connectivity index (χ4v) is 1.59. The van der Waals surface area contributed by atoms with Crippen molar-refractivity contribution in [1.82, 2.24) is 5.32 Å². The number of esters is 1. The van der Waals surface area contributed by atoms with E-state index in [4.69, 9.17) is 4.74 Å². The maximum Gasteiger partial charge on any atom is 0.415 e. The van der Waals surface area contributed by atoms with Crippen LogP contribution in [0.1, 0.15) is 0 Å². The van der Waals surface area contributed by atoms with Crippen LogP contribution < -0.4 is 5.32 Å². The molecule has 0 unspecified atom stereocenters. The molecular formula is C8H11NO6S. The molecule has 1 saturated heterocycles. The number of cyclic esters (lactones) is 2. The van der Waals surface area contributed by atoms with Gasteiger partial charge in [-0.3, -0.25) is 0 Å². The fourth-order valence-electron chi connectivity index (χ4n) is 0.904. The Kier molecular flexibility index (Phi) is 5.06. The summed E-state index contributed by atoms with van der Waals surface area (Å²) in [7, 11) is 1.49. The SMILES string of the molecule is COCCOC(=O)SC[C@@H]1NC(=O)OC1=O. The van der Waals surface area contributed by atoms with Crippen molar-refractivity contribution in [3.63, 3.8) is 0 Å². The van der Waals surface area contributed by atoms with Crippen molar-refractivity contribution in [2.75, 3.05) is 26.1 Å². The van der Waals surface area contributed by atoms with E-state index in [9.17, 15) is 14.4 Å². The number of ether oxygens (including phenoxy) is 3. The highest BCUT2D eigenvalue weighted by molar-refractivity contribution is 8.13. The molecule has 0 aliphatic carbocycles. The van der Waals surface area contributed by atoms with Crippen LogP contribution in [0.3, 0.4) is 0 Å². The average Bonchev–Trinajstić information content (AvgIpc) is 2.55. The number of rotatable bonds is 5. The third kappa shape index (κ3) is 4.07. The first-order valence-electron chi connectivity index (χ1n) is 4.44. The van der Waals surface area contributed by atoms with E-state index in [0.717, 1.165) is 11.8 Å². The summed E-state index contributed by atoms with van der Waals surface area (Å²) in [6.45, 7) is 0.471. The minimum absolute atomic E-state index is 0.0936. The minimum atomic E-state index is -0.789. The molecular weight excluding hydrogens is 238 g/mol. The van der Waals surface area contributed by atoms with Crippen molar-refractivity contribution in [2.24, 2.45) is 0 Å². The standard InChI is InChI=1S/C8H11NO6S/c1-13-2-3-14-8(12)16-4-5-6(10)15-7(11)9-5/h5H,2-4H2,1H3,(H,9,11)/t5-/m0/s1. The van der Waals surface area contributed by atoms with Crippen molar-refractivity contribution in [3.8, 4) is 0 Å². The molecule has 0 saturated carbocycles. The molecule has 1 rings (SSSR count). The Bertz CT molecular complexity index is 294. The van der Waals surface area contributed by atoms with Crippen molar-refractivity contribution in [1.29, 1.82) is 0 Å². The Labute approximate surface area is 95.8 Å². The lowest BCUT2D eigenvalue weighted by molar-refractivity contribution is -0.134. The second kappa shape index (κ2) is 6.33. The molecule has 0 aromatic heterocycles. The van der Waals surface area contributed by atoms with Gasteiger partial charge in [0.05, 0.1) is 6.61 Å². The van der Waals surface area contributed by atoms with Gasteiger partial charge in [-0.15, -0.1) is 0 Å². The fraction of sp³-hybridized carbons (Fsp3) is 0.625. The Morgan fingerprint density at radius 2 is 2.25 bits per heavy atom. The van der Waals surface area contributed by atoms with Gasteiger partial charge in [0.25, 0.3) is 0 Å². The molecule has 1 heterocycles. The molecule has 1 atom stereocenters. The summed E-state index contributed by atoms with van der Waals surface area (Å²) in [5.41, 5.74) is 0. The van der Waals surface area contributed by atoms with Gasteiger partial charge in [0.2, 0.25) is 0 Å². The van der Waals surface area contributed by atoms with E-state index in [1.807, 2.05) is 0 Å². The summed E-state index contributed by atoms with van der Waals surface area (Å²) in [5, 5.41) is 1.74. The van der Waals surface area contributed by atoms with E-state index >= 15 is 0 Å². The Morgan fingerprint density at radius 1 is 1.50 bits per heavy atom. The van der Waals surface area contributed by atoms with Crippen LogP contribution in [0.2, 0.25) is 0 Å². The molecule has 1 aliphatic rings. The number of alkyl carbamates (subject to hydrolysis) is 1. The molecule has 0 bridgehead atoms. The topological polar surface area (TPSA) is 90.9 Å². The van der Waals surface area contributed by atoms with Gasteiger partial charge >= 0.3 is 17.4 Å². The number of thioether (sulfide) groups is 1. The van der Waals surface area contributed by atoms with Crippen LogP contribution in [0.25, 0.3) is 0 Å². The second-order valence-corrected chi connectivity index (χ2v) is 3.76. The summed E-state index contributed by atoms with van der Waals surface area (Å²) in [6, 6.07) is -0.785. The third-order valence-electron chi connectivity index (χ3n) is 1.65. The molecule has 7 nitrogen and oxygen atoms in total. The monoisotopic (exact) mass is 249 g/mol. The molecule has 0 spiro atoms. The number of hydrogen-bond acceptors (Lipinski definition) is 7. The summed E-state index contributed by atoms with van der Waals surface area (Å²) in [4.78, 5) is 32.7. The highest BCUT2D eigenvalue weighted by Crippen LogP contribution is 2.11. The Balaban J connectivity index is 2.16. The van der Waals surface area contributed by atoms with Gasteiger partial charge in [0.15, 0.2) is 0 Å². The number of amides is 1. The zero-order chi connectivity index (χ0) is 12.0. The van der Waals surface area contributed by atoms with Crippen LogP contribution in [0.5, 0.6) is 0 Å². The van der Waals surface area contributed by atoms with Gasteiger partial charge in [-0.1, -0.05) is 0 Å². The number of hydrogen-bond donors (Lipinski definition) is 1. The number of nitrogens with one attached hydrogen (secondary N) is 1. The van der Waals surface area contributed by atoms with Gasteiger partial charge < -0.3 is 19.5 Å². The smallest absolute Gasteiger partial charge is 0.415 e. The van der Waals surface area contributed by atoms with E-state index in [-0.39, 0.29) is 12.4 Å². The van der Waals surface area contributed by atoms with Gasteiger partial charge in [0.1, 0.15) is 12.6 Å². The van der Waals surface area contributed by atoms with Crippen molar-refractivity contribution < 1.29 is 28.6 Å². The van der Waals surface area contributed by atoms with Crippen LogP contribution in [0.4, 0.5) is 9.59 Å². The number of carbonyl (C=O) groups excluding carboxylic acids is 3. The van der Waals surface area contributed by atoms with Crippen LogP contribution in [-0.4, -0.2) is 49.5 Å².